The lowest BCUT2D eigenvalue weighted by Crippen LogP contribution is -2.00. The second-order valence-electron chi connectivity index (χ2n) is 7.66. The Morgan fingerprint density at radius 2 is 1.45 bits per heavy atom. The Morgan fingerprint density at radius 3 is 2.09 bits per heavy atom. The quantitative estimate of drug-likeness (QED) is 0.269. The van der Waals surface area contributed by atoms with Gasteiger partial charge >= 0.3 is 0 Å². The third-order valence-corrected chi connectivity index (χ3v) is 6.21. The summed E-state index contributed by atoms with van der Waals surface area (Å²) in [5.41, 5.74) is 3.01. The van der Waals surface area contributed by atoms with Crippen LogP contribution in [0.1, 0.15) is 25.4 Å². The van der Waals surface area contributed by atoms with Crippen molar-refractivity contribution in [3.05, 3.63) is 77.5 Å². The molecule has 0 atom stereocenters. The van der Waals surface area contributed by atoms with Crippen molar-refractivity contribution in [3.63, 3.8) is 0 Å². The molecule has 0 aliphatic heterocycles. The molecule has 0 aliphatic carbocycles. The zero-order valence-electron chi connectivity index (χ0n) is 19.8. The van der Waals surface area contributed by atoms with Gasteiger partial charge in [-0.15, -0.1) is 11.8 Å². The van der Waals surface area contributed by atoms with Crippen molar-refractivity contribution in [2.75, 3.05) is 19.5 Å². The second-order valence-corrected chi connectivity index (χ2v) is 8.54. The predicted molar refractivity (Wildman–Crippen MR) is 137 cm³/mol. The Labute approximate surface area is 199 Å². The van der Waals surface area contributed by atoms with Gasteiger partial charge in [-0.2, -0.15) is 0 Å². The van der Waals surface area contributed by atoms with E-state index in [9.17, 15) is 0 Å². The van der Waals surface area contributed by atoms with Crippen LogP contribution in [0.15, 0.2) is 75.0 Å². The summed E-state index contributed by atoms with van der Waals surface area (Å²) in [6, 6.07) is 20.6. The number of ether oxygens (including phenoxy) is 2. The number of hydrogen-bond donors (Lipinski definition) is 0. The Balaban J connectivity index is 2.01. The molecule has 0 saturated heterocycles. The lowest BCUT2D eigenvalue weighted by Gasteiger charge is -2.05. The van der Waals surface area contributed by atoms with Crippen LogP contribution >= 0.6 is 11.8 Å². The summed E-state index contributed by atoms with van der Waals surface area (Å²) in [4.78, 5) is 6.26. The molecule has 4 nitrogen and oxygen atoms in total. The number of thioether (sulfide) groups is 1. The van der Waals surface area contributed by atoms with Crippen molar-refractivity contribution in [1.82, 2.24) is 0 Å². The van der Waals surface area contributed by atoms with Crippen LogP contribution in [0.3, 0.4) is 0 Å². The van der Waals surface area contributed by atoms with E-state index in [1.165, 1.54) is 4.90 Å². The summed E-state index contributed by atoms with van der Waals surface area (Å²) >= 11 is 1.73. The van der Waals surface area contributed by atoms with Gasteiger partial charge in [0.1, 0.15) is 23.0 Å². The lowest BCUT2D eigenvalue weighted by atomic mass is 10.1. The summed E-state index contributed by atoms with van der Waals surface area (Å²) in [7, 11) is 0. The molecular formula is C28H29NO3S. The summed E-state index contributed by atoms with van der Waals surface area (Å²) in [5, 5.41) is 2.78. The standard InChI is InChI=1S/C28H29NO3S/c1-6-30-23-12-10-22(11-13-23)29-25-16-21(20-8-14-24(33-5)15-9-20)17-26(31-7-2)28-19(4)32-18(3)27(25)28/h8-17H,6-7H2,1-5H3. The van der Waals surface area contributed by atoms with E-state index < -0.39 is 0 Å². The Bertz CT molecular complexity index is 1320. The van der Waals surface area contributed by atoms with Gasteiger partial charge in [-0.05, 0) is 93.6 Å². The maximum Gasteiger partial charge on any atom is 0.131 e. The maximum atomic E-state index is 6.11. The first kappa shape index (κ1) is 23.0. The summed E-state index contributed by atoms with van der Waals surface area (Å²) in [6.07, 6.45) is 2.08. The minimum atomic E-state index is 0.568. The molecule has 5 heteroatoms. The highest BCUT2D eigenvalue weighted by Crippen LogP contribution is 2.34. The van der Waals surface area contributed by atoms with Crippen LogP contribution in [-0.2, 0) is 0 Å². The van der Waals surface area contributed by atoms with E-state index >= 15 is 0 Å². The largest absolute Gasteiger partial charge is 0.494 e. The van der Waals surface area contributed by atoms with Crippen molar-refractivity contribution in [1.29, 1.82) is 0 Å². The Morgan fingerprint density at radius 1 is 0.788 bits per heavy atom. The van der Waals surface area contributed by atoms with E-state index in [4.69, 9.17) is 18.9 Å². The van der Waals surface area contributed by atoms with Gasteiger partial charge < -0.3 is 13.9 Å². The first-order valence-electron chi connectivity index (χ1n) is 11.2. The van der Waals surface area contributed by atoms with E-state index in [-0.39, 0.29) is 0 Å². The van der Waals surface area contributed by atoms with Crippen molar-refractivity contribution in [2.24, 2.45) is 4.99 Å². The minimum Gasteiger partial charge on any atom is -0.494 e. The van der Waals surface area contributed by atoms with Gasteiger partial charge in [0.05, 0.1) is 35.0 Å². The minimum absolute atomic E-state index is 0.568. The van der Waals surface area contributed by atoms with Crippen LogP contribution in [0.2, 0.25) is 0 Å². The lowest BCUT2D eigenvalue weighted by molar-refractivity contribution is 0.340. The van der Waals surface area contributed by atoms with Gasteiger partial charge in [-0.1, -0.05) is 12.1 Å². The van der Waals surface area contributed by atoms with Crippen LogP contribution in [0.5, 0.6) is 11.5 Å². The number of benzene rings is 2. The summed E-state index contributed by atoms with van der Waals surface area (Å²) < 4.78 is 17.7. The first-order chi connectivity index (χ1) is 16.0. The van der Waals surface area contributed by atoms with Crippen LogP contribution in [-0.4, -0.2) is 19.5 Å². The average molecular weight is 460 g/mol. The zero-order chi connectivity index (χ0) is 23.4. The van der Waals surface area contributed by atoms with E-state index in [1.807, 2.05) is 52.0 Å². The monoisotopic (exact) mass is 459 g/mol. The first-order valence-corrected chi connectivity index (χ1v) is 12.4. The molecule has 170 valence electrons. The highest BCUT2D eigenvalue weighted by atomic mass is 32.2. The molecule has 1 heterocycles. The molecule has 3 aromatic carbocycles. The molecule has 0 saturated carbocycles. The molecule has 0 N–H and O–H groups in total. The van der Waals surface area contributed by atoms with Gasteiger partial charge in [0.25, 0.3) is 0 Å². The topological polar surface area (TPSA) is 44.0 Å². The Hall–Kier alpha value is -3.18. The molecule has 0 aliphatic rings. The SMILES string of the molecule is CCOc1ccc(N=c2cc(-c3ccc(SC)cc3)cc(OCC)c3c(C)oc(C)c23)cc1. The third-order valence-electron chi connectivity index (χ3n) is 5.46. The second kappa shape index (κ2) is 10.2. The fourth-order valence-corrected chi connectivity index (χ4v) is 4.40. The van der Waals surface area contributed by atoms with Gasteiger partial charge in [0, 0.05) is 4.90 Å². The number of rotatable bonds is 7. The number of hydrogen-bond acceptors (Lipinski definition) is 5. The smallest absolute Gasteiger partial charge is 0.131 e. The average Bonchev–Trinajstić information content (AvgIpc) is 3.02. The van der Waals surface area contributed by atoms with Crippen molar-refractivity contribution in [3.8, 4) is 22.6 Å². The fourth-order valence-electron chi connectivity index (χ4n) is 3.99. The van der Waals surface area contributed by atoms with Crippen LogP contribution in [0.25, 0.3) is 21.9 Å². The molecule has 33 heavy (non-hydrogen) atoms. The normalized spacial score (nSPS) is 11.7. The van der Waals surface area contributed by atoms with Crippen molar-refractivity contribution < 1.29 is 13.9 Å². The Kier molecular flexibility index (Phi) is 7.09. The highest BCUT2D eigenvalue weighted by molar-refractivity contribution is 7.98. The number of aryl methyl sites for hydroxylation is 2. The van der Waals surface area contributed by atoms with Gasteiger partial charge in [-0.25, -0.2) is 4.99 Å². The van der Waals surface area contributed by atoms with Crippen LogP contribution in [0, 0.1) is 13.8 Å². The van der Waals surface area contributed by atoms with Crippen LogP contribution < -0.4 is 14.8 Å². The van der Waals surface area contributed by atoms with E-state index in [0.717, 1.165) is 56.0 Å². The third kappa shape index (κ3) is 4.93. The fraction of sp³-hybridized carbons (Fsp3) is 0.250. The molecule has 0 radical (unpaired) electrons. The molecule has 0 amide bonds. The molecule has 1 aromatic heterocycles. The predicted octanol–water partition coefficient (Wildman–Crippen LogP) is 7.47. The maximum absolute atomic E-state index is 6.11. The highest BCUT2D eigenvalue weighted by Gasteiger charge is 2.15. The van der Waals surface area contributed by atoms with E-state index in [2.05, 4.69) is 42.7 Å². The zero-order valence-corrected chi connectivity index (χ0v) is 20.6. The molecule has 4 rings (SSSR count). The van der Waals surface area contributed by atoms with Crippen LogP contribution in [0.4, 0.5) is 5.69 Å². The molecule has 0 fully saturated rings. The number of furan rings is 1. The summed E-state index contributed by atoms with van der Waals surface area (Å²) in [5.74, 6) is 3.30. The molecule has 0 bridgehead atoms. The van der Waals surface area contributed by atoms with Crippen molar-refractivity contribution >= 4 is 28.2 Å². The van der Waals surface area contributed by atoms with E-state index in [1.54, 1.807) is 11.8 Å². The molecule has 0 spiro atoms. The van der Waals surface area contributed by atoms with E-state index in [0.29, 0.717) is 13.2 Å². The molecule has 4 aromatic rings. The molecule has 0 unspecified atom stereocenters. The molecular weight excluding hydrogens is 430 g/mol. The summed E-state index contributed by atoms with van der Waals surface area (Å²) in [6.45, 7) is 9.14. The van der Waals surface area contributed by atoms with Gasteiger partial charge in [0.15, 0.2) is 0 Å². The number of fused-ring (bicyclic) bond motifs is 1. The van der Waals surface area contributed by atoms with Gasteiger partial charge in [-0.3, -0.25) is 0 Å². The van der Waals surface area contributed by atoms with Gasteiger partial charge in [0.2, 0.25) is 0 Å². The number of nitrogens with zero attached hydrogens (tertiary/aromatic N) is 1. The van der Waals surface area contributed by atoms with Crippen molar-refractivity contribution in [2.45, 2.75) is 32.6 Å².